The highest BCUT2D eigenvalue weighted by molar-refractivity contribution is 5.02. The lowest BCUT2D eigenvalue weighted by atomic mass is 10.2. The second kappa shape index (κ2) is 5.78. The molecule has 0 amide bonds. The topological polar surface area (TPSA) is 142 Å². The van der Waals surface area contributed by atoms with Gasteiger partial charge in [0.15, 0.2) is 0 Å². The van der Waals surface area contributed by atoms with Crippen LogP contribution in [0.2, 0.25) is 0 Å². The van der Waals surface area contributed by atoms with Crippen LogP contribution >= 0.6 is 0 Å². The molecule has 0 saturated carbocycles. The van der Waals surface area contributed by atoms with E-state index in [2.05, 4.69) is 20.0 Å². The van der Waals surface area contributed by atoms with Crippen LogP contribution in [0.1, 0.15) is 18.2 Å². The van der Waals surface area contributed by atoms with Crippen molar-refractivity contribution in [3.63, 3.8) is 0 Å². The predicted molar refractivity (Wildman–Crippen MR) is 65.7 cm³/mol. The molecule has 2 N–H and O–H groups in total. The maximum absolute atomic E-state index is 11.7. The second-order valence-corrected chi connectivity index (χ2v) is 4.38. The molecule has 0 unspecified atom stereocenters. The Morgan fingerprint density at radius 2 is 2.45 bits per heavy atom. The fraction of sp³-hybridized carbons (Fsp3) is 0.600. The molecule has 0 aromatic carbocycles. The quantitative estimate of drug-likeness (QED) is 0.338. The summed E-state index contributed by atoms with van der Waals surface area (Å²) in [7, 11) is 0. The molecule has 1 aromatic rings. The molecule has 2 heterocycles. The number of aromatic amines is 1. The van der Waals surface area contributed by atoms with Crippen LogP contribution < -0.4 is 11.2 Å². The molecule has 3 atom stereocenters. The minimum Gasteiger partial charge on any atom is -0.431 e. The molecule has 1 aromatic heterocycles. The van der Waals surface area contributed by atoms with Crippen LogP contribution in [-0.4, -0.2) is 33.5 Å². The first-order valence-electron chi connectivity index (χ1n) is 5.85. The van der Waals surface area contributed by atoms with Gasteiger partial charge in [-0.2, -0.15) is 0 Å². The van der Waals surface area contributed by atoms with E-state index in [0.29, 0.717) is 5.56 Å². The van der Waals surface area contributed by atoms with E-state index in [1.54, 1.807) is 6.92 Å². The van der Waals surface area contributed by atoms with E-state index in [1.807, 2.05) is 0 Å². The Hall–Kier alpha value is -2.29. The predicted octanol–water partition coefficient (Wildman–Crippen LogP) is -0.265. The number of H-pyrrole nitrogens is 1. The fourth-order valence-corrected chi connectivity index (χ4v) is 1.97. The first-order chi connectivity index (χ1) is 9.52. The number of hydrogen-bond donors (Lipinski definition) is 2. The van der Waals surface area contributed by atoms with Gasteiger partial charge in [-0.15, -0.1) is 0 Å². The van der Waals surface area contributed by atoms with Crippen molar-refractivity contribution in [1.29, 1.82) is 0 Å². The van der Waals surface area contributed by atoms with Crippen LogP contribution in [-0.2, 0) is 9.57 Å². The highest BCUT2D eigenvalue weighted by Gasteiger charge is 2.36. The Kier molecular flexibility index (Phi) is 4.08. The first kappa shape index (κ1) is 14.1. The largest absolute Gasteiger partial charge is 0.431 e. The zero-order valence-electron chi connectivity index (χ0n) is 10.6. The fourth-order valence-electron chi connectivity index (χ4n) is 1.97. The van der Waals surface area contributed by atoms with Crippen LogP contribution in [0.4, 0.5) is 0 Å². The highest BCUT2D eigenvalue weighted by atomic mass is 16.7. The molecule has 1 saturated heterocycles. The minimum atomic E-state index is -0.868. The van der Waals surface area contributed by atoms with Gasteiger partial charge < -0.3 is 14.7 Å². The molecule has 1 aliphatic rings. The summed E-state index contributed by atoms with van der Waals surface area (Å²) in [4.78, 5) is 32.1. The van der Waals surface area contributed by atoms with E-state index in [-0.39, 0.29) is 13.0 Å². The molecule has 10 heteroatoms. The zero-order chi connectivity index (χ0) is 14.7. The standard InChI is InChI=1S/C10H13N5O5/c1-5-3-15(10(18)12-9(5)17)8-2-6(16)7(20-8)4-19-14-13-11/h3,6-8,16H,2,4H2,1H3,(H,12,17,18)/t6-,7+,8-/m0/s1. The number of aliphatic hydroxyl groups excluding tert-OH is 1. The average Bonchev–Trinajstić information content (AvgIpc) is 2.76. The van der Waals surface area contributed by atoms with Crippen LogP contribution in [0.15, 0.2) is 21.1 Å². The number of aryl methyl sites for hydroxylation is 1. The van der Waals surface area contributed by atoms with Gasteiger partial charge in [-0.25, -0.2) is 4.79 Å². The van der Waals surface area contributed by atoms with Crippen molar-refractivity contribution in [3.8, 4) is 0 Å². The van der Waals surface area contributed by atoms with Crippen molar-refractivity contribution in [2.75, 3.05) is 6.61 Å². The lowest BCUT2D eigenvalue weighted by Crippen LogP contribution is -2.33. The molecule has 10 nitrogen and oxygen atoms in total. The molecule has 0 aliphatic carbocycles. The van der Waals surface area contributed by atoms with Crippen molar-refractivity contribution in [2.24, 2.45) is 5.28 Å². The molecule has 1 aliphatic heterocycles. The van der Waals surface area contributed by atoms with Crippen molar-refractivity contribution in [3.05, 3.63) is 43.0 Å². The minimum absolute atomic E-state index is 0.126. The van der Waals surface area contributed by atoms with Crippen molar-refractivity contribution in [2.45, 2.75) is 31.8 Å². The average molecular weight is 283 g/mol. The summed E-state index contributed by atoms with van der Waals surface area (Å²) in [5.41, 5.74) is 7.36. The van der Waals surface area contributed by atoms with Crippen LogP contribution in [0.5, 0.6) is 0 Å². The van der Waals surface area contributed by atoms with Crippen LogP contribution in [0.25, 0.3) is 10.4 Å². The van der Waals surface area contributed by atoms with Gasteiger partial charge in [0.25, 0.3) is 5.56 Å². The maximum atomic E-state index is 11.7. The van der Waals surface area contributed by atoms with Gasteiger partial charge in [0.2, 0.25) is 0 Å². The van der Waals surface area contributed by atoms with E-state index in [0.717, 1.165) is 0 Å². The van der Waals surface area contributed by atoms with Gasteiger partial charge in [-0.1, -0.05) is 0 Å². The summed E-state index contributed by atoms with van der Waals surface area (Å²) in [5.74, 6) is 0. The van der Waals surface area contributed by atoms with E-state index < -0.39 is 29.7 Å². The number of ether oxygens (including phenoxy) is 1. The smallest absolute Gasteiger partial charge is 0.330 e. The SMILES string of the molecule is Cc1cn([C@@H]2C[C@H](O)[C@@H](CON=[N+]=[N-])O2)c(=O)[nH]c1=O. The molecule has 0 spiro atoms. The number of aliphatic hydroxyl groups is 1. The number of nitrogens with one attached hydrogen (secondary N) is 1. The summed E-state index contributed by atoms with van der Waals surface area (Å²) in [6.45, 7) is 1.43. The molecule has 108 valence electrons. The molecular weight excluding hydrogens is 270 g/mol. The van der Waals surface area contributed by atoms with E-state index in [1.165, 1.54) is 10.8 Å². The first-order valence-corrected chi connectivity index (χ1v) is 5.85. The number of rotatable bonds is 4. The van der Waals surface area contributed by atoms with E-state index in [4.69, 9.17) is 10.3 Å². The third-order valence-electron chi connectivity index (χ3n) is 2.99. The lowest BCUT2D eigenvalue weighted by molar-refractivity contribution is -0.0638. The zero-order valence-corrected chi connectivity index (χ0v) is 10.6. The third-order valence-corrected chi connectivity index (χ3v) is 2.99. The number of aromatic nitrogens is 2. The Morgan fingerprint density at radius 3 is 3.15 bits per heavy atom. The van der Waals surface area contributed by atoms with Crippen molar-refractivity contribution < 1.29 is 14.7 Å². The number of azide groups is 1. The second-order valence-electron chi connectivity index (χ2n) is 4.38. The molecule has 0 radical (unpaired) electrons. The normalized spacial score (nSPS) is 25.2. The highest BCUT2D eigenvalue weighted by Crippen LogP contribution is 2.27. The molecular formula is C10H13N5O5. The summed E-state index contributed by atoms with van der Waals surface area (Å²) in [5, 5.41) is 12.7. The van der Waals surface area contributed by atoms with Gasteiger partial charge in [0, 0.05) is 23.1 Å². The third kappa shape index (κ3) is 2.82. The lowest BCUT2D eigenvalue weighted by Gasteiger charge is -2.15. The Balaban J connectivity index is 2.16. The maximum Gasteiger partial charge on any atom is 0.330 e. The van der Waals surface area contributed by atoms with Crippen LogP contribution in [0, 0.1) is 6.92 Å². The summed E-state index contributed by atoms with van der Waals surface area (Å²) < 4.78 is 6.67. The van der Waals surface area contributed by atoms with Crippen molar-refractivity contribution >= 4 is 0 Å². The van der Waals surface area contributed by atoms with E-state index >= 15 is 0 Å². The van der Waals surface area contributed by atoms with Crippen LogP contribution in [0.3, 0.4) is 0 Å². The van der Waals surface area contributed by atoms with Gasteiger partial charge in [-0.3, -0.25) is 14.3 Å². The molecule has 20 heavy (non-hydrogen) atoms. The van der Waals surface area contributed by atoms with E-state index in [9.17, 15) is 14.7 Å². The Bertz CT molecular complexity index is 646. The van der Waals surface area contributed by atoms with Crippen molar-refractivity contribution in [1.82, 2.24) is 9.55 Å². The summed E-state index contributed by atoms with van der Waals surface area (Å²) >= 11 is 0. The van der Waals surface area contributed by atoms with Gasteiger partial charge >= 0.3 is 5.69 Å². The monoisotopic (exact) mass is 283 g/mol. The molecule has 1 fully saturated rings. The van der Waals surface area contributed by atoms with Gasteiger partial charge in [0.1, 0.15) is 24.2 Å². The summed E-state index contributed by atoms with van der Waals surface area (Å²) in [6, 6.07) is 0. The number of nitrogens with zero attached hydrogens (tertiary/aromatic N) is 4. The summed E-state index contributed by atoms with van der Waals surface area (Å²) in [6.07, 6.45) is -0.768. The van der Waals surface area contributed by atoms with Gasteiger partial charge in [0.05, 0.1) is 6.10 Å². The molecule has 2 rings (SSSR count). The van der Waals surface area contributed by atoms with Gasteiger partial charge in [-0.05, 0) is 12.5 Å². The Morgan fingerprint density at radius 1 is 1.70 bits per heavy atom. The Labute approximate surface area is 112 Å². The number of hydrogen-bond acceptors (Lipinski definition) is 6. The molecule has 0 bridgehead atoms.